The minimum Gasteiger partial charge on any atom is -0.391 e. The number of hydrogen-bond acceptors (Lipinski definition) is 6. The minimum absolute atomic E-state index is 0.203. The topological polar surface area (TPSA) is 75.1 Å². The van der Waals surface area contributed by atoms with Gasteiger partial charge >= 0.3 is 0 Å². The number of thiazole rings is 1. The van der Waals surface area contributed by atoms with Gasteiger partial charge in [-0.1, -0.05) is 43.5 Å². The summed E-state index contributed by atoms with van der Waals surface area (Å²) in [7, 11) is 0. The first-order chi connectivity index (χ1) is 16.1. The predicted molar refractivity (Wildman–Crippen MR) is 135 cm³/mol. The summed E-state index contributed by atoms with van der Waals surface area (Å²) in [4.78, 5) is 22.2. The quantitative estimate of drug-likeness (QED) is 0.359. The van der Waals surface area contributed by atoms with Gasteiger partial charge < -0.3 is 10.4 Å². The van der Waals surface area contributed by atoms with E-state index >= 15 is 0 Å². The molecule has 3 heterocycles. The molecule has 1 fully saturated rings. The van der Waals surface area contributed by atoms with Gasteiger partial charge in [0.05, 0.1) is 33.1 Å². The molecule has 33 heavy (non-hydrogen) atoms. The van der Waals surface area contributed by atoms with Crippen molar-refractivity contribution in [2.75, 3.05) is 0 Å². The highest BCUT2D eigenvalue weighted by Crippen LogP contribution is 2.28. The number of aromatic nitrogens is 2. The molecule has 2 atom stereocenters. The van der Waals surface area contributed by atoms with Gasteiger partial charge in [0, 0.05) is 10.9 Å². The number of hydrogen-bond donors (Lipinski definition) is 2. The van der Waals surface area contributed by atoms with Crippen molar-refractivity contribution < 1.29 is 9.90 Å². The number of rotatable bonds is 5. The molecule has 5 nitrogen and oxygen atoms in total. The van der Waals surface area contributed by atoms with E-state index in [4.69, 9.17) is 0 Å². The molecule has 1 aliphatic rings. The predicted octanol–water partition coefficient (Wildman–Crippen LogP) is 5.74. The maximum Gasteiger partial charge on any atom is 0.270 e. The summed E-state index contributed by atoms with van der Waals surface area (Å²) in [5.74, 6) is -0.204. The van der Waals surface area contributed by atoms with Gasteiger partial charge in [-0.2, -0.15) is 0 Å². The molecule has 7 heteroatoms. The van der Waals surface area contributed by atoms with E-state index in [2.05, 4.69) is 44.9 Å². The van der Waals surface area contributed by atoms with Crippen LogP contribution in [0.1, 0.15) is 58.7 Å². The molecule has 1 amide bonds. The Hall–Kier alpha value is -2.61. The Morgan fingerprint density at radius 2 is 1.91 bits per heavy atom. The molecule has 0 radical (unpaired) electrons. The third-order valence-corrected chi connectivity index (χ3v) is 8.03. The Kier molecular flexibility index (Phi) is 6.53. The molecule has 5 rings (SSSR count). The summed E-state index contributed by atoms with van der Waals surface area (Å²) in [6.07, 6.45) is 4.93. The van der Waals surface area contributed by atoms with Crippen molar-refractivity contribution in [3.63, 3.8) is 0 Å². The number of aliphatic hydroxyl groups is 1. The summed E-state index contributed by atoms with van der Waals surface area (Å²) in [6.45, 7) is 2.02. The van der Waals surface area contributed by atoms with E-state index in [1.54, 1.807) is 22.7 Å². The van der Waals surface area contributed by atoms with Crippen LogP contribution in [0.5, 0.6) is 0 Å². The Labute approximate surface area is 201 Å². The van der Waals surface area contributed by atoms with Crippen LogP contribution in [-0.2, 0) is 6.42 Å². The average Bonchev–Trinajstić information content (AvgIpc) is 3.42. The fourth-order valence-corrected chi connectivity index (χ4v) is 5.95. The van der Waals surface area contributed by atoms with Gasteiger partial charge in [0.2, 0.25) is 0 Å². The van der Waals surface area contributed by atoms with Crippen LogP contribution < -0.4 is 5.32 Å². The number of fused-ring (bicyclic) bond motifs is 1. The molecular weight excluding hydrogens is 450 g/mol. The summed E-state index contributed by atoms with van der Waals surface area (Å²) in [5.41, 5.74) is 5.66. The van der Waals surface area contributed by atoms with Crippen molar-refractivity contribution in [2.24, 2.45) is 0 Å². The Morgan fingerprint density at radius 1 is 1.09 bits per heavy atom. The summed E-state index contributed by atoms with van der Waals surface area (Å²) in [5, 5.41) is 18.6. The Morgan fingerprint density at radius 3 is 2.70 bits per heavy atom. The van der Waals surface area contributed by atoms with Gasteiger partial charge in [0.25, 0.3) is 5.91 Å². The van der Waals surface area contributed by atoms with Crippen LogP contribution in [0.4, 0.5) is 0 Å². The maximum absolute atomic E-state index is 13.1. The highest BCUT2D eigenvalue weighted by molar-refractivity contribution is 7.17. The molecule has 0 aliphatic heterocycles. The van der Waals surface area contributed by atoms with Crippen LogP contribution in [0.3, 0.4) is 0 Å². The highest BCUT2D eigenvalue weighted by atomic mass is 32.1. The number of aryl methyl sites for hydroxylation is 1. The van der Waals surface area contributed by atoms with Gasteiger partial charge in [-0.15, -0.1) is 22.7 Å². The molecule has 1 aliphatic carbocycles. The number of carbonyl (C=O) groups excluding carboxylic acids is 1. The van der Waals surface area contributed by atoms with E-state index in [-0.39, 0.29) is 11.9 Å². The molecule has 0 spiro atoms. The van der Waals surface area contributed by atoms with Crippen LogP contribution in [0, 0.1) is 6.92 Å². The number of benzene rings is 1. The zero-order valence-corrected chi connectivity index (χ0v) is 20.2. The van der Waals surface area contributed by atoms with E-state index in [0.29, 0.717) is 5.69 Å². The first-order valence-corrected chi connectivity index (χ1v) is 13.2. The SMILES string of the molecule is Cc1nc(-c2ccc(Cc3cc(C(=O)N[C@H]4CCCCC[C@@H]4O)nc4ccsc34)cc2)cs1. The lowest BCUT2D eigenvalue weighted by molar-refractivity contribution is 0.0814. The van der Waals surface area contributed by atoms with Crippen molar-refractivity contribution in [1.29, 1.82) is 0 Å². The molecule has 0 saturated heterocycles. The zero-order valence-electron chi connectivity index (χ0n) is 18.6. The number of amides is 1. The van der Waals surface area contributed by atoms with Gasteiger partial charge in [0.1, 0.15) is 5.69 Å². The molecule has 4 aromatic rings. The molecule has 1 saturated carbocycles. The molecule has 3 aromatic heterocycles. The van der Waals surface area contributed by atoms with Crippen LogP contribution in [0.25, 0.3) is 21.5 Å². The third-order valence-electron chi connectivity index (χ3n) is 6.28. The number of pyridine rings is 1. The van der Waals surface area contributed by atoms with E-state index in [1.165, 1.54) is 5.56 Å². The van der Waals surface area contributed by atoms with Crippen LogP contribution in [-0.4, -0.2) is 33.1 Å². The third kappa shape index (κ3) is 5.00. The Balaban J connectivity index is 1.38. The molecule has 0 unspecified atom stereocenters. The average molecular weight is 478 g/mol. The lowest BCUT2D eigenvalue weighted by atomic mass is 10.0. The van der Waals surface area contributed by atoms with Crippen molar-refractivity contribution >= 4 is 38.8 Å². The second kappa shape index (κ2) is 9.71. The van der Waals surface area contributed by atoms with Gasteiger partial charge in [-0.3, -0.25) is 4.79 Å². The van der Waals surface area contributed by atoms with Crippen molar-refractivity contribution in [3.8, 4) is 11.3 Å². The second-order valence-corrected chi connectivity index (χ2v) is 10.7. The number of nitrogens with one attached hydrogen (secondary N) is 1. The lowest BCUT2D eigenvalue weighted by Crippen LogP contribution is -2.43. The smallest absolute Gasteiger partial charge is 0.270 e. The van der Waals surface area contributed by atoms with Crippen molar-refractivity contribution in [2.45, 2.75) is 57.6 Å². The van der Waals surface area contributed by atoms with E-state index < -0.39 is 6.10 Å². The number of nitrogens with zero attached hydrogens (tertiary/aromatic N) is 2. The number of carbonyl (C=O) groups is 1. The van der Waals surface area contributed by atoms with E-state index in [9.17, 15) is 9.90 Å². The molecule has 2 N–H and O–H groups in total. The normalized spacial score (nSPS) is 18.8. The van der Waals surface area contributed by atoms with E-state index in [1.807, 2.05) is 24.4 Å². The van der Waals surface area contributed by atoms with Gasteiger partial charge in [-0.25, -0.2) is 9.97 Å². The minimum atomic E-state index is -0.485. The van der Waals surface area contributed by atoms with Crippen molar-refractivity contribution in [1.82, 2.24) is 15.3 Å². The number of thiophene rings is 1. The molecule has 0 bridgehead atoms. The highest BCUT2D eigenvalue weighted by Gasteiger charge is 2.24. The fraction of sp³-hybridized carbons (Fsp3) is 0.346. The van der Waals surface area contributed by atoms with Gasteiger partial charge in [-0.05, 0) is 54.8 Å². The Bertz CT molecular complexity index is 1260. The first kappa shape index (κ1) is 22.2. The van der Waals surface area contributed by atoms with Crippen LogP contribution in [0.15, 0.2) is 47.2 Å². The maximum atomic E-state index is 13.1. The monoisotopic (exact) mass is 477 g/mol. The summed E-state index contributed by atoms with van der Waals surface area (Å²) < 4.78 is 1.11. The van der Waals surface area contributed by atoms with Crippen molar-refractivity contribution in [3.05, 3.63) is 69.0 Å². The standard InChI is InChI=1S/C26H27N3O2S2/c1-16-27-23(15-33-16)18-9-7-17(8-10-18)13-19-14-22(28-21-11-12-32-25(19)21)26(31)29-20-5-3-2-4-6-24(20)30/h7-12,14-15,20,24,30H,2-6,13H2,1H3,(H,29,31)/t20-,24-/m0/s1. The summed E-state index contributed by atoms with van der Waals surface area (Å²) in [6, 6.07) is 12.2. The molecular formula is C26H27N3O2S2. The van der Waals surface area contributed by atoms with Crippen LogP contribution in [0.2, 0.25) is 0 Å². The zero-order chi connectivity index (χ0) is 22.8. The largest absolute Gasteiger partial charge is 0.391 e. The van der Waals surface area contributed by atoms with E-state index in [0.717, 1.165) is 70.6 Å². The summed E-state index contributed by atoms with van der Waals surface area (Å²) >= 11 is 3.31. The lowest BCUT2D eigenvalue weighted by Gasteiger charge is -2.21. The fourth-order valence-electron chi connectivity index (χ4n) is 4.48. The molecule has 1 aromatic carbocycles. The first-order valence-electron chi connectivity index (χ1n) is 11.4. The van der Waals surface area contributed by atoms with Crippen LogP contribution >= 0.6 is 22.7 Å². The second-order valence-electron chi connectivity index (χ2n) is 8.71. The molecule has 170 valence electrons. The number of aliphatic hydroxyl groups excluding tert-OH is 1. The van der Waals surface area contributed by atoms with Gasteiger partial charge in [0.15, 0.2) is 0 Å².